The first-order chi connectivity index (χ1) is 9.81. The lowest BCUT2D eigenvalue weighted by atomic mass is 9.79. The first kappa shape index (κ1) is 14.1. The summed E-state index contributed by atoms with van der Waals surface area (Å²) in [6.07, 6.45) is 8.19. The van der Waals surface area contributed by atoms with Crippen LogP contribution in [0.1, 0.15) is 44.6 Å². The average molecular weight is 272 g/mol. The van der Waals surface area contributed by atoms with E-state index in [0.29, 0.717) is 11.6 Å². The van der Waals surface area contributed by atoms with Gasteiger partial charge >= 0.3 is 0 Å². The predicted octanol–water partition coefficient (Wildman–Crippen LogP) is 3.23. The van der Waals surface area contributed by atoms with Crippen LogP contribution in [0.3, 0.4) is 0 Å². The standard InChI is InChI=1S/C18H28N2/c1-2-20-15-18(11-7-4-8-12-18)19-14-17(20)13-16-9-5-3-6-10-16/h3,5-6,9-10,17,19H,2,4,7-8,11-15H2,1H3. The number of rotatable bonds is 3. The highest BCUT2D eigenvalue weighted by molar-refractivity contribution is 5.17. The van der Waals surface area contributed by atoms with E-state index >= 15 is 0 Å². The third-order valence-electron chi connectivity index (χ3n) is 5.27. The Morgan fingerprint density at radius 3 is 2.60 bits per heavy atom. The van der Waals surface area contributed by atoms with Gasteiger partial charge in [-0.15, -0.1) is 0 Å². The summed E-state index contributed by atoms with van der Waals surface area (Å²) < 4.78 is 0. The molecule has 0 bridgehead atoms. The molecule has 0 radical (unpaired) electrons. The molecule has 1 aromatic carbocycles. The third-order valence-corrected chi connectivity index (χ3v) is 5.27. The first-order valence-corrected chi connectivity index (χ1v) is 8.34. The van der Waals surface area contributed by atoms with Gasteiger partial charge < -0.3 is 5.32 Å². The van der Waals surface area contributed by atoms with Gasteiger partial charge in [0.25, 0.3) is 0 Å². The van der Waals surface area contributed by atoms with Crippen molar-refractivity contribution in [1.82, 2.24) is 10.2 Å². The van der Waals surface area contributed by atoms with E-state index in [9.17, 15) is 0 Å². The zero-order chi connectivity index (χ0) is 13.8. The van der Waals surface area contributed by atoms with Crippen LogP contribution in [0, 0.1) is 0 Å². The maximum absolute atomic E-state index is 3.93. The lowest BCUT2D eigenvalue weighted by Crippen LogP contribution is -2.65. The molecule has 2 nitrogen and oxygen atoms in total. The lowest BCUT2D eigenvalue weighted by molar-refractivity contribution is 0.0598. The molecule has 3 rings (SSSR count). The van der Waals surface area contributed by atoms with E-state index in [1.807, 2.05) is 0 Å². The zero-order valence-corrected chi connectivity index (χ0v) is 12.8. The Morgan fingerprint density at radius 1 is 1.15 bits per heavy atom. The van der Waals surface area contributed by atoms with Gasteiger partial charge in [0, 0.05) is 24.7 Å². The highest BCUT2D eigenvalue weighted by Crippen LogP contribution is 2.32. The summed E-state index contributed by atoms with van der Waals surface area (Å²) in [5, 5.41) is 3.93. The van der Waals surface area contributed by atoms with Crippen LogP contribution in [0.5, 0.6) is 0 Å². The number of nitrogens with zero attached hydrogens (tertiary/aromatic N) is 1. The molecule has 1 saturated heterocycles. The van der Waals surface area contributed by atoms with Gasteiger partial charge in [0.05, 0.1) is 0 Å². The molecule has 1 unspecified atom stereocenters. The Balaban J connectivity index is 1.65. The first-order valence-electron chi connectivity index (χ1n) is 8.34. The van der Waals surface area contributed by atoms with Crippen LogP contribution in [0.2, 0.25) is 0 Å². The van der Waals surface area contributed by atoms with E-state index in [0.717, 1.165) is 6.54 Å². The molecular weight excluding hydrogens is 244 g/mol. The Morgan fingerprint density at radius 2 is 1.90 bits per heavy atom. The molecule has 0 aromatic heterocycles. The van der Waals surface area contributed by atoms with E-state index in [4.69, 9.17) is 0 Å². The minimum absolute atomic E-state index is 0.432. The van der Waals surface area contributed by atoms with Crippen molar-refractivity contribution in [1.29, 1.82) is 0 Å². The molecule has 20 heavy (non-hydrogen) atoms. The van der Waals surface area contributed by atoms with E-state index in [1.54, 1.807) is 0 Å². The molecule has 1 N–H and O–H groups in total. The summed E-state index contributed by atoms with van der Waals surface area (Å²) in [5.41, 5.74) is 1.90. The molecule has 1 saturated carbocycles. The second-order valence-electron chi connectivity index (χ2n) is 6.63. The molecule has 1 aromatic rings. The SMILES string of the molecule is CCN1CC2(CCCCC2)NCC1Cc1ccccc1. The van der Waals surface area contributed by atoms with Crippen molar-refractivity contribution < 1.29 is 0 Å². The summed E-state index contributed by atoms with van der Waals surface area (Å²) in [5.74, 6) is 0. The maximum atomic E-state index is 3.93. The van der Waals surface area contributed by atoms with Crippen molar-refractivity contribution in [3.8, 4) is 0 Å². The molecular formula is C18H28N2. The van der Waals surface area contributed by atoms with Gasteiger partial charge in [0.1, 0.15) is 0 Å². The summed E-state index contributed by atoms with van der Waals surface area (Å²) in [6.45, 7) is 5.91. The van der Waals surface area contributed by atoms with Crippen molar-refractivity contribution in [2.24, 2.45) is 0 Å². The van der Waals surface area contributed by atoms with Crippen molar-refractivity contribution in [2.45, 2.75) is 57.0 Å². The van der Waals surface area contributed by atoms with E-state index < -0.39 is 0 Å². The van der Waals surface area contributed by atoms with Crippen LogP contribution in [0.15, 0.2) is 30.3 Å². The number of benzene rings is 1. The monoisotopic (exact) mass is 272 g/mol. The Hall–Kier alpha value is -0.860. The molecule has 0 amide bonds. The number of hydrogen-bond acceptors (Lipinski definition) is 2. The van der Waals surface area contributed by atoms with Gasteiger partial charge in [-0.3, -0.25) is 4.90 Å². The van der Waals surface area contributed by atoms with Gasteiger partial charge in [0.2, 0.25) is 0 Å². The van der Waals surface area contributed by atoms with Gasteiger partial charge in [-0.2, -0.15) is 0 Å². The number of piperazine rings is 1. The van der Waals surface area contributed by atoms with Crippen molar-refractivity contribution in [3.63, 3.8) is 0 Å². The molecule has 1 aliphatic carbocycles. The molecule has 1 spiro atoms. The van der Waals surface area contributed by atoms with Gasteiger partial charge in [-0.25, -0.2) is 0 Å². The fourth-order valence-corrected chi connectivity index (χ4v) is 4.06. The predicted molar refractivity (Wildman–Crippen MR) is 85.0 cm³/mol. The molecule has 2 aliphatic rings. The fraction of sp³-hybridized carbons (Fsp3) is 0.667. The Labute approximate surface area is 123 Å². The Kier molecular flexibility index (Phi) is 4.42. The van der Waals surface area contributed by atoms with Crippen LogP contribution in [0.25, 0.3) is 0 Å². The highest BCUT2D eigenvalue weighted by Gasteiger charge is 2.39. The van der Waals surface area contributed by atoms with Crippen LogP contribution in [-0.2, 0) is 6.42 Å². The summed E-state index contributed by atoms with van der Waals surface area (Å²) >= 11 is 0. The summed E-state index contributed by atoms with van der Waals surface area (Å²) in [7, 11) is 0. The van der Waals surface area contributed by atoms with E-state index in [-0.39, 0.29) is 0 Å². The fourth-order valence-electron chi connectivity index (χ4n) is 4.06. The molecule has 1 aliphatic heterocycles. The quantitative estimate of drug-likeness (QED) is 0.909. The molecule has 1 atom stereocenters. The normalized spacial score (nSPS) is 26.8. The summed E-state index contributed by atoms with van der Waals surface area (Å²) in [6, 6.07) is 11.6. The molecule has 2 fully saturated rings. The maximum Gasteiger partial charge on any atom is 0.0309 e. The molecule has 110 valence electrons. The van der Waals surface area contributed by atoms with Crippen molar-refractivity contribution >= 4 is 0 Å². The van der Waals surface area contributed by atoms with Crippen LogP contribution in [0.4, 0.5) is 0 Å². The number of hydrogen-bond donors (Lipinski definition) is 1. The Bertz CT molecular complexity index is 409. The van der Waals surface area contributed by atoms with Gasteiger partial charge in [-0.1, -0.05) is 56.5 Å². The van der Waals surface area contributed by atoms with Crippen molar-refractivity contribution in [2.75, 3.05) is 19.6 Å². The zero-order valence-electron chi connectivity index (χ0n) is 12.8. The number of likely N-dealkylation sites (N-methyl/N-ethyl adjacent to an activating group) is 1. The summed E-state index contributed by atoms with van der Waals surface area (Å²) in [4.78, 5) is 2.72. The highest BCUT2D eigenvalue weighted by atomic mass is 15.2. The van der Waals surface area contributed by atoms with Crippen molar-refractivity contribution in [3.05, 3.63) is 35.9 Å². The second-order valence-corrected chi connectivity index (χ2v) is 6.63. The van der Waals surface area contributed by atoms with Crippen LogP contribution >= 0.6 is 0 Å². The third kappa shape index (κ3) is 3.07. The number of nitrogens with one attached hydrogen (secondary N) is 1. The van der Waals surface area contributed by atoms with Crippen LogP contribution < -0.4 is 5.32 Å². The minimum Gasteiger partial charge on any atom is -0.308 e. The molecule has 1 heterocycles. The van der Waals surface area contributed by atoms with E-state index in [1.165, 1.54) is 57.2 Å². The van der Waals surface area contributed by atoms with E-state index in [2.05, 4.69) is 47.5 Å². The largest absolute Gasteiger partial charge is 0.308 e. The second kappa shape index (κ2) is 6.28. The lowest BCUT2D eigenvalue weighted by Gasteiger charge is -2.49. The average Bonchev–Trinajstić information content (AvgIpc) is 2.51. The smallest absolute Gasteiger partial charge is 0.0309 e. The van der Waals surface area contributed by atoms with Gasteiger partial charge in [0.15, 0.2) is 0 Å². The minimum atomic E-state index is 0.432. The van der Waals surface area contributed by atoms with Crippen LogP contribution in [-0.4, -0.2) is 36.1 Å². The van der Waals surface area contributed by atoms with Gasteiger partial charge in [-0.05, 0) is 31.4 Å². The molecule has 2 heteroatoms. The topological polar surface area (TPSA) is 15.3 Å².